The van der Waals surface area contributed by atoms with Crippen LogP contribution in [-0.4, -0.2) is 16.8 Å². The number of aromatic nitrogens is 1. The third-order valence-corrected chi connectivity index (χ3v) is 3.22. The molecule has 128 valence electrons. The normalized spacial score (nSPS) is 10.5. The van der Waals surface area contributed by atoms with Crippen LogP contribution in [0.15, 0.2) is 52.0 Å². The van der Waals surface area contributed by atoms with Crippen molar-refractivity contribution in [1.29, 1.82) is 0 Å². The third-order valence-electron chi connectivity index (χ3n) is 3.22. The maximum Gasteiger partial charge on any atom is 0.277 e. The Morgan fingerprint density at radius 3 is 2.68 bits per heavy atom. The summed E-state index contributed by atoms with van der Waals surface area (Å²) in [6, 6.07) is 4.68. The van der Waals surface area contributed by atoms with Crippen molar-refractivity contribution in [2.24, 2.45) is 0 Å². The molecule has 0 spiro atoms. The number of hydrogen-bond acceptors (Lipinski definition) is 5. The number of benzene rings is 1. The number of anilines is 1. The lowest BCUT2D eigenvalue weighted by molar-refractivity contribution is 0.0942. The highest BCUT2D eigenvalue weighted by atomic mass is 19.1. The van der Waals surface area contributed by atoms with E-state index in [0.717, 1.165) is 18.7 Å². The van der Waals surface area contributed by atoms with Crippen LogP contribution < -0.4 is 10.6 Å². The molecule has 0 radical (unpaired) electrons. The van der Waals surface area contributed by atoms with Crippen LogP contribution in [0.1, 0.15) is 26.6 Å². The zero-order chi connectivity index (χ0) is 17.8. The average molecular weight is 347 g/mol. The molecule has 3 aromatic rings. The summed E-state index contributed by atoms with van der Waals surface area (Å²) in [7, 11) is 0. The van der Waals surface area contributed by atoms with E-state index in [-0.39, 0.29) is 17.9 Å². The van der Waals surface area contributed by atoms with Crippen LogP contribution in [0.5, 0.6) is 0 Å². The minimum atomic E-state index is -1.06. The summed E-state index contributed by atoms with van der Waals surface area (Å²) in [6.07, 6.45) is 3.52. The number of hydrogen-bond donors (Lipinski definition) is 2. The van der Waals surface area contributed by atoms with Gasteiger partial charge in [-0.05, 0) is 18.2 Å². The maximum atomic E-state index is 13.9. The lowest BCUT2D eigenvalue weighted by Crippen LogP contribution is -2.24. The zero-order valence-electron chi connectivity index (χ0n) is 12.6. The zero-order valence-corrected chi connectivity index (χ0v) is 12.6. The third kappa shape index (κ3) is 3.71. The molecule has 1 aromatic carbocycles. The number of rotatable bonds is 5. The van der Waals surface area contributed by atoms with Crippen LogP contribution >= 0.6 is 0 Å². The Hall–Kier alpha value is -3.49. The lowest BCUT2D eigenvalue weighted by atomic mass is 10.1. The van der Waals surface area contributed by atoms with E-state index in [1.165, 1.54) is 6.26 Å². The Kier molecular flexibility index (Phi) is 4.55. The van der Waals surface area contributed by atoms with Crippen LogP contribution in [0.4, 0.5) is 14.5 Å². The first-order chi connectivity index (χ1) is 12.0. The van der Waals surface area contributed by atoms with Gasteiger partial charge >= 0.3 is 0 Å². The van der Waals surface area contributed by atoms with Crippen molar-refractivity contribution in [3.05, 3.63) is 71.8 Å². The van der Waals surface area contributed by atoms with E-state index in [9.17, 15) is 18.4 Å². The fraction of sp³-hybridized carbons (Fsp3) is 0.0625. The van der Waals surface area contributed by atoms with Crippen molar-refractivity contribution < 1.29 is 27.2 Å². The topological polar surface area (TPSA) is 97.4 Å². The van der Waals surface area contributed by atoms with Crippen LogP contribution in [0.3, 0.4) is 0 Å². The molecule has 2 amide bonds. The molecule has 3 rings (SSSR count). The van der Waals surface area contributed by atoms with Gasteiger partial charge in [0.2, 0.25) is 0 Å². The number of halogens is 2. The summed E-state index contributed by atoms with van der Waals surface area (Å²) in [5.74, 6) is -3.17. The molecule has 0 saturated carbocycles. The summed E-state index contributed by atoms with van der Waals surface area (Å²) in [6.45, 7) is 0.0310. The molecule has 0 aliphatic carbocycles. The highest BCUT2D eigenvalue weighted by molar-refractivity contribution is 6.03. The molecular formula is C16H11F2N3O4. The standard InChI is InChI=1S/C16H11F2N3O4/c17-11-5-12(18)13(21-16(23)14-7-24-8-20-14)4-10(11)15(22)19-6-9-2-1-3-25-9/h1-5,7-8H,6H2,(H,19,22)(H,21,23). The molecule has 0 fully saturated rings. The molecule has 0 bridgehead atoms. The van der Waals surface area contributed by atoms with Crippen molar-refractivity contribution in [2.45, 2.75) is 6.54 Å². The van der Waals surface area contributed by atoms with Crippen molar-refractivity contribution in [2.75, 3.05) is 5.32 Å². The SMILES string of the molecule is O=C(Nc1cc(C(=O)NCc2ccco2)c(F)cc1F)c1cocn1. The van der Waals surface area contributed by atoms with Crippen LogP contribution in [0.2, 0.25) is 0 Å². The number of furan rings is 1. The number of nitrogens with one attached hydrogen (secondary N) is 2. The molecule has 2 N–H and O–H groups in total. The van der Waals surface area contributed by atoms with Crippen molar-refractivity contribution in [1.82, 2.24) is 10.3 Å². The number of carbonyl (C=O) groups excluding carboxylic acids is 2. The quantitative estimate of drug-likeness (QED) is 0.740. The summed E-state index contributed by atoms with van der Waals surface area (Å²) in [5, 5.41) is 4.64. The summed E-state index contributed by atoms with van der Waals surface area (Å²) < 4.78 is 37.5. The van der Waals surface area contributed by atoms with E-state index in [0.29, 0.717) is 11.8 Å². The first-order valence-corrected chi connectivity index (χ1v) is 7.04. The van der Waals surface area contributed by atoms with Gasteiger partial charge in [-0.15, -0.1) is 0 Å². The molecule has 7 nitrogen and oxygen atoms in total. The highest BCUT2D eigenvalue weighted by Gasteiger charge is 2.19. The van der Waals surface area contributed by atoms with Crippen molar-refractivity contribution in [3.63, 3.8) is 0 Å². The smallest absolute Gasteiger partial charge is 0.277 e. The van der Waals surface area contributed by atoms with Gasteiger partial charge in [-0.25, -0.2) is 13.8 Å². The maximum absolute atomic E-state index is 13.9. The molecular weight excluding hydrogens is 336 g/mol. The Morgan fingerprint density at radius 2 is 2.00 bits per heavy atom. The fourth-order valence-electron chi connectivity index (χ4n) is 2.01. The molecule has 0 saturated heterocycles. The van der Waals surface area contributed by atoms with Gasteiger partial charge in [0.1, 0.15) is 23.7 Å². The van der Waals surface area contributed by atoms with Gasteiger partial charge in [0.05, 0.1) is 24.1 Å². The number of oxazole rings is 1. The van der Waals surface area contributed by atoms with Gasteiger partial charge in [-0.1, -0.05) is 0 Å². The second-order valence-corrected chi connectivity index (χ2v) is 4.90. The van der Waals surface area contributed by atoms with Gasteiger partial charge < -0.3 is 19.5 Å². The number of amides is 2. The molecule has 25 heavy (non-hydrogen) atoms. The van der Waals surface area contributed by atoms with Gasteiger partial charge in [0.15, 0.2) is 12.1 Å². The monoisotopic (exact) mass is 347 g/mol. The lowest BCUT2D eigenvalue weighted by Gasteiger charge is -2.09. The Bertz CT molecular complexity index is 893. The van der Waals surface area contributed by atoms with Crippen LogP contribution in [0, 0.1) is 11.6 Å². The van der Waals surface area contributed by atoms with E-state index in [1.807, 2.05) is 0 Å². The Labute approximate surface area is 139 Å². The van der Waals surface area contributed by atoms with Gasteiger partial charge in [-0.2, -0.15) is 0 Å². The molecule has 0 unspecified atom stereocenters. The second-order valence-electron chi connectivity index (χ2n) is 4.90. The highest BCUT2D eigenvalue weighted by Crippen LogP contribution is 2.20. The largest absolute Gasteiger partial charge is 0.467 e. The first kappa shape index (κ1) is 16.4. The van der Waals surface area contributed by atoms with E-state index >= 15 is 0 Å². The summed E-state index contributed by atoms with van der Waals surface area (Å²) in [4.78, 5) is 27.6. The molecule has 2 aromatic heterocycles. The van der Waals surface area contributed by atoms with E-state index in [4.69, 9.17) is 4.42 Å². The van der Waals surface area contributed by atoms with Crippen molar-refractivity contribution >= 4 is 17.5 Å². The average Bonchev–Trinajstić information content (AvgIpc) is 3.28. The first-order valence-electron chi connectivity index (χ1n) is 7.04. The van der Waals surface area contributed by atoms with E-state index in [1.54, 1.807) is 12.1 Å². The van der Waals surface area contributed by atoms with Crippen LogP contribution in [0.25, 0.3) is 0 Å². The molecule has 2 heterocycles. The number of nitrogens with zero attached hydrogens (tertiary/aromatic N) is 1. The number of carbonyl (C=O) groups is 2. The molecule has 0 aliphatic heterocycles. The molecule has 0 aliphatic rings. The van der Waals surface area contributed by atoms with E-state index < -0.39 is 29.0 Å². The van der Waals surface area contributed by atoms with Gasteiger partial charge in [0.25, 0.3) is 11.8 Å². The molecule has 0 atom stereocenters. The van der Waals surface area contributed by atoms with E-state index in [2.05, 4.69) is 20.0 Å². The van der Waals surface area contributed by atoms with Gasteiger partial charge in [-0.3, -0.25) is 9.59 Å². The second kappa shape index (κ2) is 6.95. The Morgan fingerprint density at radius 1 is 1.16 bits per heavy atom. The summed E-state index contributed by atoms with van der Waals surface area (Å²) in [5.41, 5.74) is -0.881. The summed E-state index contributed by atoms with van der Waals surface area (Å²) >= 11 is 0. The minimum absolute atomic E-state index is 0.0310. The predicted molar refractivity (Wildman–Crippen MR) is 80.7 cm³/mol. The van der Waals surface area contributed by atoms with Gasteiger partial charge in [0, 0.05) is 6.07 Å². The fourth-order valence-corrected chi connectivity index (χ4v) is 2.01. The van der Waals surface area contributed by atoms with Crippen molar-refractivity contribution in [3.8, 4) is 0 Å². The Balaban J connectivity index is 1.77. The minimum Gasteiger partial charge on any atom is -0.467 e. The van der Waals surface area contributed by atoms with Crippen LogP contribution in [-0.2, 0) is 6.54 Å². The predicted octanol–water partition coefficient (Wildman–Crippen LogP) is 2.73. The molecule has 9 heteroatoms.